The van der Waals surface area contributed by atoms with Crippen LogP contribution >= 0.6 is 0 Å². The number of unbranched alkanes of at least 4 members (excludes halogenated alkanes) is 4. The highest BCUT2D eigenvalue weighted by Crippen LogP contribution is 2.06. The van der Waals surface area contributed by atoms with E-state index in [1.165, 1.54) is 19.3 Å². The Kier molecular flexibility index (Phi) is 7.12. The minimum atomic E-state index is -0.203. The van der Waals surface area contributed by atoms with Crippen molar-refractivity contribution in [3.05, 3.63) is 42.3 Å². The maximum absolute atomic E-state index is 11.4. The number of benzene rings is 1. The van der Waals surface area contributed by atoms with Gasteiger partial charge in [0.2, 0.25) is 0 Å². The monoisotopic (exact) mass is 233 g/mol. The molecule has 2 nitrogen and oxygen atoms in total. The molecule has 0 atom stereocenters. The van der Waals surface area contributed by atoms with Gasteiger partial charge in [-0.15, -0.1) is 0 Å². The Morgan fingerprint density at radius 2 is 1.94 bits per heavy atom. The predicted molar refractivity (Wildman–Crippen MR) is 69.3 cm³/mol. The second-order valence-electron chi connectivity index (χ2n) is 4.15. The Balaban J connectivity index is 2.05. The largest absolute Gasteiger partial charge is 0.461 e. The zero-order valence-corrected chi connectivity index (χ0v) is 10.5. The topological polar surface area (TPSA) is 26.3 Å². The number of esters is 1. The molecule has 0 spiro atoms. The Hall–Kier alpha value is -1.31. The second kappa shape index (κ2) is 8.80. The van der Waals surface area contributed by atoms with Crippen LogP contribution in [-0.4, -0.2) is 5.97 Å². The molecule has 2 heteroatoms. The van der Waals surface area contributed by atoms with Gasteiger partial charge < -0.3 is 4.74 Å². The van der Waals surface area contributed by atoms with E-state index in [1.54, 1.807) is 6.42 Å². The van der Waals surface area contributed by atoms with Crippen LogP contribution < -0.4 is 0 Å². The summed E-state index contributed by atoms with van der Waals surface area (Å²) in [5, 5.41) is 0. The number of carbonyl (C=O) groups is 1. The number of hydrogen-bond donors (Lipinski definition) is 0. The average Bonchev–Trinajstić information content (AvgIpc) is 2.37. The molecule has 0 saturated heterocycles. The normalized spacial score (nSPS) is 10.2. The Morgan fingerprint density at radius 1 is 1.18 bits per heavy atom. The van der Waals surface area contributed by atoms with Crippen molar-refractivity contribution in [2.24, 2.45) is 0 Å². The first-order valence-corrected chi connectivity index (χ1v) is 6.37. The minimum absolute atomic E-state index is 0.203. The number of carbonyl (C=O) groups excluding carboxylic acids is 1. The summed E-state index contributed by atoms with van der Waals surface area (Å²) in [7, 11) is 0. The van der Waals surface area contributed by atoms with Crippen LogP contribution in [0.2, 0.25) is 0 Å². The lowest BCUT2D eigenvalue weighted by atomic mass is 10.1. The summed E-state index contributed by atoms with van der Waals surface area (Å²) in [5.41, 5.74) is 1.03. The van der Waals surface area contributed by atoms with Gasteiger partial charge in [-0.2, -0.15) is 0 Å². The fourth-order valence-corrected chi connectivity index (χ4v) is 1.58. The third-order valence-corrected chi connectivity index (χ3v) is 2.59. The van der Waals surface area contributed by atoms with Gasteiger partial charge in [-0.3, -0.25) is 4.79 Å². The summed E-state index contributed by atoms with van der Waals surface area (Å²) in [5.74, 6) is -0.203. The van der Waals surface area contributed by atoms with Crippen molar-refractivity contribution >= 4 is 5.97 Å². The molecule has 1 aromatic carbocycles. The van der Waals surface area contributed by atoms with Crippen LogP contribution in [0.1, 0.15) is 44.6 Å². The molecule has 17 heavy (non-hydrogen) atoms. The van der Waals surface area contributed by atoms with Crippen LogP contribution in [0.3, 0.4) is 0 Å². The van der Waals surface area contributed by atoms with Crippen LogP contribution in [0.4, 0.5) is 0 Å². The first-order chi connectivity index (χ1) is 8.33. The lowest BCUT2D eigenvalue weighted by Gasteiger charge is -2.04. The van der Waals surface area contributed by atoms with Crippen molar-refractivity contribution < 1.29 is 9.53 Å². The van der Waals surface area contributed by atoms with Crippen molar-refractivity contribution in [3.63, 3.8) is 0 Å². The molecule has 0 aliphatic heterocycles. The molecule has 0 heterocycles. The minimum Gasteiger partial charge on any atom is -0.461 e. The average molecular weight is 233 g/mol. The van der Waals surface area contributed by atoms with Crippen LogP contribution in [0, 0.1) is 6.42 Å². The summed E-state index contributed by atoms with van der Waals surface area (Å²) in [6.07, 6.45) is 7.21. The van der Waals surface area contributed by atoms with Crippen LogP contribution in [0.5, 0.6) is 0 Å². The first kappa shape index (κ1) is 13.8. The molecule has 93 valence electrons. The van der Waals surface area contributed by atoms with Crippen molar-refractivity contribution in [2.45, 2.75) is 45.6 Å². The van der Waals surface area contributed by atoms with E-state index >= 15 is 0 Å². The van der Waals surface area contributed by atoms with Gasteiger partial charge in [-0.05, 0) is 12.0 Å². The van der Waals surface area contributed by atoms with E-state index in [0.29, 0.717) is 6.61 Å². The highest BCUT2D eigenvalue weighted by molar-refractivity contribution is 5.78. The maximum atomic E-state index is 11.4. The van der Waals surface area contributed by atoms with E-state index in [2.05, 4.69) is 6.92 Å². The van der Waals surface area contributed by atoms with E-state index in [0.717, 1.165) is 18.4 Å². The quantitative estimate of drug-likeness (QED) is 0.502. The molecule has 0 N–H and O–H groups in total. The summed E-state index contributed by atoms with van der Waals surface area (Å²) in [4.78, 5) is 11.4. The van der Waals surface area contributed by atoms with Gasteiger partial charge in [0.25, 0.3) is 0 Å². The summed E-state index contributed by atoms with van der Waals surface area (Å²) in [6, 6.07) is 9.74. The van der Waals surface area contributed by atoms with E-state index in [9.17, 15) is 4.79 Å². The third kappa shape index (κ3) is 6.77. The van der Waals surface area contributed by atoms with Crippen molar-refractivity contribution in [1.82, 2.24) is 0 Å². The van der Waals surface area contributed by atoms with Gasteiger partial charge in [0.15, 0.2) is 0 Å². The SMILES string of the molecule is CCCCCC[CH]C(=O)OCc1ccccc1. The molecule has 0 aliphatic rings. The molecule has 0 aromatic heterocycles. The van der Waals surface area contributed by atoms with Gasteiger partial charge in [0, 0.05) is 0 Å². The molecule has 0 saturated carbocycles. The molecular weight excluding hydrogens is 212 g/mol. The Bertz CT molecular complexity index is 306. The van der Waals surface area contributed by atoms with E-state index in [-0.39, 0.29) is 5.97 Å². The van der Waals surface area contributed by atoms with Gasteiger partial charge in [0.05, 0.1) is 6.42 Å². The molecule has 0 amide bonds. The number of rotatable bonds is 8. The molecule has 0 fully saturated rings. The highest BCUT2D eigenvalue weighted by atomic mass is 16.5. The molecule has 1 aromatic rings. The van der Waals surface area contributed by atoms with Crippen LogP contribution in [0.25, 0.3) is 0 Å². The Labute approximate surface area is 104 Å². The van der Waals surface area contributed by atoms with Crippen molar-refractivity contribution in [1.29, 1.82) is 0 Å². The lowest BCUT2D eigenvalue weighted by Crippen LogP contribution is -2.04. The van der Waals surface area contributed by atoms with Gasteiger partial charge >= 0.3 is 5.97 Å². The van der Waals surface area contributed by atoms with Crippen molar-refractivity contribution in [3.8, 4) is 0 Å². The molecule has 1 radical (unpaired) electrons. The predicted octanol–water partition coefficient (Wildman–Crippen LogP) is 3.90. The van der Waals surface area contributed by atoms with E-state index < -0.39 is 0 Å². The van der Waals surface area contributed by atoms with E-state index in [4.69, 9.17) is 4.74 Å². The maximum Gasteiger partial charge on any atom is 0.310 e. The van der Waals surface area contributed by atoms with E-state index in [1.807, 2.05) is 30.3 Å². The zero-order valence-electron chi connectivity index (χ0n) is 10.5. The number of hydrogen-bond acceptors (Lipinski definition) is 2. The lowest BCUT2D eigenvalue weighted by molar-refractivity contribution is -0.140. The van der Waals surface area contributed by atoms with Crippen LogP contribution in [0.15, 0.2) is 30.3 Å². The number of ether oxygens (including phenoxy) is 1. The molecular formula is C15H21O2. The molecule has 0 unspecified atom stereocenters. The fraction of sp³-hybridized carbons (Fsp3) is 0.467. The summed E-state index contributed by atoms with van der Waals surface area (Å²) < 4.78 is 5.14. The summed E-state index contributed by atoms with van der Waals surface area (Å²) in [6.45, 7) is 2.54. The molecule has 0 bridgehead atoms. The molecule has 0 aliphatic carbocycles. The van der Waals surface area contributed by atoms with Gasteiger partial charge in [0.1, 0.15) is 6.61 Å². The third-order valence-electron chi connectivity index (χ3n) is 2.59. The van der Waals surface area contributed by atoms with Gasteiger partial charge in [-0.25, -0.2) is 0 Å². The Morgan fingerprint density at radius 3 is 2.65 bits per heavy atom. The molecule has 1 rings (SSSR count). The second-order valence-corrected chi connectivity index (χ2v) is 4.15. The first-order valence-electron chi connectivity index (χ1n) is 6.37. The standard InChI is InChI=1S/C15H21O2/c1-2-3-4-5-9-12-15(16)17-13-14-10-7-6-8-11-14/h6-8,10-12H,2-5,9,13H2,1H3. The highest BCUT2D eigenvalue weighted by Gasteiger charge is 2.03. The summed E-state index contributed by atoms with van der Waals surface area (Å²) >= 11 is 0. The smallest absolute Gasteiger partial charge is 0.310 e. The van der Waals surface area contributed by atoms with Gasteiger partial charge in [-0.1, -0.05) is 62.9 Å². The van der Waals surface area contributed by atoms with Crippen LogP contribution in [-0.2, 0) is 16.1 Å². The van der Waals surface area contributed by atoms with Crippen molar-refractivity contribution in [2.75, 3.05) is 0 Å². The fourth-order valence-electron chi connectivity index (χ4n) is 1.58. The zero-order chi connectivity index (χ0) is 12.3.